The van der Waals surface area contributed by atoms with E-state index in [4.69, 9.17) is 4.74 Å². The van der Waals surface area contributed by atoms with Crippen molar-refractivity contribution in [1.82, 2.24) is 4.90 Å². The summed E-state index contributed by atoms with van der Waals surface area (Å²) in [6.45, 7) is 6.46. The van der Waals surface area contributed by atoms with Crippen molar-refractivity contribution in [2.24, 2.45) is 5.92 Å². The molecule has 0 spiro atoms. The predicted octanol–water partition coefficient (Wildman–Crippen LogP) is 1.44. The number of hydrogen-bond acceptors (Lipinski definition) is 3. The highest BCUT2D eigenvalue weighted by atomic mass is 16.6. The summed E-state index contributed by atoms with van der Waals surface area (Å²) in [6, 6.07) is 0. The zero-order chi connectivity index (χ0) is 10.7. The van der Waals surface area contributed by atoms with Gasteiger partial charge >= 0.3 is 6.09 Å². The summed E-state index contributed by atoms with van der Waals surface area (Å²) in [5.74, 6) is 0.182. The Kier molecular flexibility index (Phi) is 3.49. The summed E-state index contributed by atoms with van der Waals surface area (Å²) in [6.07, 6.45) is 0.0451. The second-order valence-electron chi connectivity index (χ2n) is 4.00. The Labute approximate surface area is 84.2 Å². The van der Waals surface area contributed by atoms with Gasteiger partial charge in [0.2, 0.25) is 0 Å². The van der Waals surface area contributed by atoms with Crippen LogP contribution in [0.5, 0.6) is 0 Å². The van der Waals surface area contributed by atoms with Crippen LogP contribution in [0.25, 0.3) is 0 Å². The predicted molar refractivity (Wildman–Crippen MR) is 52.0 cm³/mol. The molecule has 1 rings (SSSR count). The van der Waals surface area contributed by atoms with Crippen LogP contribution in [-0.2, 0) is 9.53 Å². The summed E-state index contributed by atoms with van der Waals surface area (Å²) in [7, 11) is 0. The van der Waals surface area contributed by atoms with E-state index in [-0.39, 0.29) is 23.9 Å². The molecular weight excluding hydrogens is 182 g/mol. The first-order chi connectivity index (χ1) is 6.50. The van der Waals surface area contributed by atoms with Crippen molar-refractivity contribution in [1.29, 1.82) is 0 Å². The summed E-state index contributed by atoms with van der Waals surface area (Å²) < 4.78 is 5.05. The van der Waals surface area contributed by atoms with Gasteiger partial charge in [-0.05, 0) is 13.8 Å². The van der Waals surface area contributed by atoms with Crippen LogP contribution in [0.2, 0.25) is 0 Å². The maximum atomic E-state index is 11.5. The molecule has 1 aliphatic heterocycles. The number of nitrogens with zero attached hydrogens (tertiary/aromatic N) is 1. The van der Waals surface area contributed by atoms with Crippen LogP contribution >= 0.6 is 0 Å². The van der Waals surface area contributed by atoms with Crippen LogP contribution in [0.3, 0.4) is 0 Å². The lowest BCUT2D eigenvalue weighted by Crippen LogP contribution is -2.43. The summed E-state index contributed by atoms with van der Waals surface area (Å²) in [5.41, 5.74) is 0. The van der Waals surface area contributed by atoms with Gasteiger partial charge < -0.3 is 9.64 Å². The molecule has 1 amide bonds. The van der Waals surface area contributed by atoms with E-state index in [2.05, 4.69) is 0 Å². The second-order valence-corrected chi connectivity index (χ2v) is 4.00. The molecule has 1 aliphatic rings. The van der Waals surface area contributed by atoms with Gasteiger partial charge in [-0.3, -0.25) is 4.79 Å². The first kappa shape index (κ1) is 11.0. The van der Waals surface area contributed by atoms with Gasteiger partial charge in [0.15, 0.2) is 0 Å². The van der Waals surface area contributed by atoms with E-state index in [0.29, 0.717) is 19.5 Å². The topological polar surface area (TPSA) is 46.6 Å². The maximum absolute atomic E-state index is 11.5. The van der Waals surface area contributed by atoms with Gasteiger partial charge in [-0.25, -0.2) is 4.79 Å². The van der Waals surface area contributed by atoms with Gasteiger partial charge in [0.1, 0.15) is 5.78 Å². The SMILES string of the molecule is CC(C)OC(=O)N1CCC(=O)C(C)C1. The number of ketones is 1. The Morgan fingerprint density at radius 1 is 1.57 bits per heavy atom. The molecule has 0 aromatic rings. The van der Waals surface area contributed by atoms with Crippen LogP contribution < -0.4 is 0 Å². The average Bonchev–Trinajstić information content (AvgIpc) is 2.08. The van der Waals surface area contributed by atoms with Crippen LogP contribution in [0.4, 0.5) is 4.79 Å². The molecule has 0 aromatic carbocycles. The van der Waals surface area contributed by atoms with Gasteiger partial charge in [-0.15, -0.1) is 0 Å². The van der Waals surface area contributed by atoms with E-state index >= 15 is 0 Å². The third-order valence-electron chi connectivity index (χ3n) is 2.27. The molecule has 0 N–H and O–H groups in total. The van der Waals surface area contributed by atoms with Crippen LogP contribution in [0.15, 0.2) is 0 Å². The molecule has 0 aliphatic carbocycles. The molecule has 1 fully saturated rings. The van der Waals surface area contributed by atoms with Gasteiger partial charge in [0, 0.05) is 25.4 Å². The van der Waals surface area contributed by atoms with Crippen LogP contribution in [0.1, 0.15) is 27.2 Å². The van der Waals surface area contributed by atoms with E-state index in [1.807, 2.05) is 20.8 Å². The number of amides is 1. The first-order valence-corrected chi connectivity index (χ1v) is 4.99. The molecule has 1 saturated heterocycles. The fraction of sp³-hybridized carbons (Fsp3) is 0.800. The van der Waals surface area contributed by atoms with Crippen molar-refractivity contribution >= 4 is 11.9 Å². The Bertz CT molecular complexity index is 238. The smallest absolute Gasteiger partial charge is 0.410 e. The third kappa shape index (κ3) is 2.72. The summed E-state index contributed by atoms with van der Waals surface area (Å²) in [4.78, 5) is 24.3. The monoisotopic (exact) mass is 199 g/mol. The zero-order valence-corrected chi connectivity index (χ0v) is 8.95. The highest BCUT2D eigenvalue weighted by Crippen LogP contribution is 2.13. The maximum Gasteiger partial charge on any atom is 0.410 e. The number of hydrogen-bond donors (Lipinski definition) is 0. The summed E-state index contributed by atoms with van der Waals surface area (Å²) >= 11 is 0. The van der Waals surface area contributed by atoms with Gasteiger partial charge in [-0.1, -0.05) is 6.92 Å². The Morgan fingerprint density at radius 2 is 2.21 bits per heavy atom. The minimum Gasteiger partial charge on any atom is -0.447 e. The lowest BCUT2D eigenvalue weighted by Gasteiger charge is -2.29. The second kappa shape index (κ2) is 4.44. The number of piperidine rings is 1. The highest BCUT2D eigenvalue weighted by molar-refractivity contribution is 5.83. The Balaban J connectivity index is 2.46. The van der Waals surface area contributed by atoms with Crippen molar-refractivity contribution in [3.8, 4) is 0 Å². The molecule has 0 bridgehead atoms. The normalized spacial score (nSPS) is 22.7. The summed E-state index contributed by atoms with van der Waals surface area (Å²) in [5, 5.41) is 0. The van der Waals surface area contributed by atoms with E-state index in [1.165, 1.54) is 0 Å². The molecule has 0 saturated carbocycles. The molecule has 1 unspecified atom stereocenters. The standard InChI is InChI=1S/C10H17NO3/c1-7(2)14-10(13)11-5-4-9(12)8(3)6-11/h7-8H,4-6H2,1-3H3. The van der Waals surface area contributed by atoms with Crippen molar-refractivity contribution < 1.29 is 14.3 Å². The average molecular weight is 199 g/mol. The van der Waals surface area contributed by atoms with Gasteiger partial charge in [0.05, 0.1) is 6.10 Å². The number of Topliss-reactive ketones (excluding diaryl/α,β-unsaturated/α-hetero) is 1. The molecule has 14 heavy (non-hydrogen) atoms. The lowest BCUT2D eigenvalue weighted by atomic mass is 9.99. The van der Waals surface area contributed by atoms with E-state index in [9.17, 15) is 9.59 Å². The van der Waals surface area contributed by atoms with E-state index in [1.54, 1.807) is 4.90 Å². The van der Waals surface area contributed by atoms with Crippen molar-refractivity contribution in [2.75, 3.05) is 13.1 Å². The first-order valence-electron chi connectivity index (χ1n) is 4.99. The molecule has 4 heteroatoms. The van der Waals surface area contributed by atoms with Crippen molar-refractivity contribution in [3.63, 3.8) is 0 Å². The lowest BCUT2D eigenvalue weighted by molar-refractivity contribution is -0.125. The highest BCUT2D eigenvalue weighted by Gasteiger charge is 2.27. The quantitative estimate of drug-likeness (QED) is 0.642. The molecule has 1 atom stereocenters. The molecule has 1 heterocycles. The molecule has 0 radical (unpaired) electrons. The van der Waals surface area contributed by atoms with Gasteiger partial charge in [0.25, 0.3) is 0 Å². The number of rotatable bonds is 1. The number of carbonyl (C=O) groups is 2. The molecule has 80 valence electrons. The van der Waals surface area contributed by atoms with E-state index < -0.39 is 0 Å². The largest absolute Gasteiger partial charge is 0.447 e. The van der Waals surface area contributed by atoms with E-state index in [0.717, 1.165) is 0 Å². The molecule has 4 nitrogen and oxygen atoms in total. The van der Waals surface area contributed by atoms with Crippen molar-refractivity contribution in [3.05, 3.63) is 0 Å². The number of ether oxygens (including phenoxy) is 1. The zero-order valence-electron chi connectivity index (χ0n) is 8.95. The Morgan fingerprint density at radius 3 is 2.71 bits per heavy atom. The van der Waals surface area contributed by atoms with Crippen LogP contribution in [0, 0.1) is 5.92 Å². The van der Waals surface area contributed by atoms with Crippen LogP contribution in [-0.4, -0.2) is 36.0 Å². The minimum absolute atomic E-state index is 0.0523. The number of likely N-dealkylation sites (tertiary alicyclic amines) is 1. The fourth-order valence-corrected chi connectivity index (χ4v) is 1.46. The minimum atomic E-state index is -0.306. The number of carbonyl (C=O) groups excluding carboxylic acids is 2. The van der Waals surface area contributed by atoms with Crippen molar-refractivity contribution in [2.45, 2.75) is 33.3 Å². The fourth-order valence-electron chi connectivity index (χ4n) is 1.46. The molecular formula is C10H17NO3. The Hall–Kier alpha value is -1.06. The van der Waals surface area contributed by atoms with Gasteiger partial charge in [-0.2, -0.15) is 0 Å². The third-order valence-corrected chi connectivity index (χ3v) is 2.27. The molecule has 0 aromatic heterocycles.